The number of carboxylic acids is 1. The van der Waals surface area contributed by atoms with Crippen LogP contribution in [0.1, 0.15) is 56.6 Å². The molecule has 1 aliphatic rings. The van der Waals surface area contributed by atoms with Gasteiger partial charge in [-0.2, -0.15) is 0 Å². The number of rotatable bonds is 13. The Morgan fingerprint density at radius 3 is 2.41 bits per heavy atom. The lowest BCUT2D eigenvalue weighted by Gasteiger charge is -2.23. The topological polar surface area (TPSA) is 66.8 Å². The number of thioether (sulfide) groups is 1. The Hall–Kier alpha value is -2.64. The number of aliphatic carboxylic acids is 1. The van der Waals surface area contributed by atoms with E-state index in [4.69, 9.17) is 17.0 Å². The zero-order valence-corrected chi connectivity index (χ0v) is 21.1. The van der Waals surface area contributed by atoms with E-state index in [0.717, 1.165) is 35.1 Å². The minimum Gasteiger partial charge on any atom is -0.494 e. The molecule has 5 nitrogen and oxygen atoms in total. The summed E-state index contributed by atoms with van der Waals surface area (Å²) in [4.78, 5) is 26.7. The van der Waals surface area contributed by atoms with Crippen LogP contribution in [0, 0.1) is 0 Å². The summed E-state index contributed by atoms with van der Waals surface area (Å²) < 4.78 is 6.08. The number of amides is 1. The predicted molar refractivity (Wildman–Crippen MR) is 142 cm³/mol. The quantitative estimate of drug-likeness (QED) is 0.198. The molecule has 1 saturated heterocycles. The van der Waals surface area contributed by atoms with Crippen molar-refractivity contribution < 1.29 is 19.4 Å². The molecule has 1 atom stereocenters. The van der Waals surface area contributed by atoms with Gasteiger partial charge in [-0.1, -0.05) is 105 Å². The molecular weight excluding hydrogens is 466 g/mol. The summed E-state index contributed by atoms with van der Waals surface area (Å²) in [7, 11) is 0. The summed E-state index contributed by atoms with van der Waals surface area (Å²) in [5, 5.41) is 9.78. The van der Waals surface area contributed by atoms with Gasteiger partial charge >= 0.3 is 5.97 Å². The number of carbonyl (C=O) groups is 2. The molecule has 0 saturated carbocycles. The van der Waals surface area contributed by atoms with Crippen molar-refractivity contribution in [1.82, 2.24) is 4.90 Å². The number of thiocarbonyl (C=S) groups is 1. The number of hydrogen-bond acceptors (Lipinski definition) is 5. The molecule has 2 aromatic carbocycles. The third kappa shape index (κ3) is 7.43. The molecule has 2 aromatic rings. The summed E-state index contributed by atoms with van der Waals surface area (Å²) in [5.74, 6) is -0.651. The maximum atomic E-state index is 13.1. The van der Waals surface area contributed by atoms with Gasteiger partial charge in [0.1, 0.15) is 16.1 Å². The van der Waals surface area contributed by atoms with Gasteiger partial charge < -0.3 is 9.84 Å². The second kappa shape index (κ2) is 13.3. The van der Waals surface area contributed by atoms with Crippen LogP contribution in [0.2, 0.25) is 0 Å². The molecule has 3 rings (SSSR count). The minimum absolute atomic E-state index is 0.195. The molecule has 1 N–H and O–H groups in total. The van der Waals surface area contributed by atoms with Gasteiger partial charge in [0.25, 0.3) is 5.91 Å². The monoisotopic (exact) mass is 497 g/mol. The van der Waals surface area contributed by atoms with Crippen LogP contribution in [-0.4, -0.2) is 38.9 Å². The summed E-state index contributed by atoms with van der Waals surface area (Å²) >= 11 is 6.52. The van der Waals surface area contributed by atoms with Crippen molar-refractivity contribution in [2.75, 3.05) is 6.61 Å². The van der Waals surface area contributed by atoms with Crippen LogP contribution in [0.15, 0.2) is 59.5 Å². The molecule has 0 unspecified atom stereocenters. The van der Waals surface area contributed by atoms with Crippen molar-refractivity contribution in [1.29, 1.82) is 0 Å². The largest absolute Gasteiger partial charge is 0.494 e. The van der Waals surface area contributed by atoms with E-state index >= 15 is 0 Å². The van der Waals surface area contributed by atoms with Gasteiger partial charge in [0, 0.05) is 6.42 Å². The molecule has 0 bridgehead atoms. The Labute approximate surface area is 211 Å². The highest BCUT2D eigenvalue weighted by atomic mass is 32.2. The molecule has 34 heavy (non-hydrogen) atoms. The Morgan fingerprint density at radius 2 is 1.74 bits per heavy atom. The normalized spacial score (nSPS) is 15.7. The summed E-state index contributed by atoms with van der Waals surface area (Å²) in [6, 6.07) is 15.8. The lowest BCUT2D eigenvalue weighted by atomic mass is 10.0. The minimum atomic E-state index is -1.08. The molecule has 0 aliphatic carbocycles. The van der Waals surface area contributed by atoms with Gasteiger partial charge in [-0.05, 0) is 35.8 Å². The lowest BCUT2D eigenvalue weighted by molar-refractivity contribution is -0.145. The molecule has 0 aromatic heterocycles. The lowest BCUT2D eigenvalue weighted by Crippen LogP contribution is -2.45. The second-order valence-electron chi connectivity index (χ2n) is 8.28. The predicted octanol–water partition coefficient (Wildman–Crippen LogP) is 6.32. The van der Waals surface area contributed by atoms with Gasteiger partial charge in [0.2, 0.25) is 0 Å². The van der Waals surface area contributed by atoms with E-state index in [1.54, 1.807) is 6.08 Å². The number of benzene rings is 2. The maximum Gasteiger partial charge on any atom is 0.327 e. The number of nitrogens with zero attached hydrogens (tertiary/aromatic N) is 1. The average Bonchev–Trinajstić information content (AvgIpc) is 3.11. The zero-order valence-electron chi connectivity index (χ0n) is 19.4. The van der Waals surface area contributed by atoms with Crippen molar-refractivity contribution in [2.24, 2.45) is 0 Å². The highest BCUT2D eigenvalue weighted by Crippen LogP contribution is 2.35. The van der Waals surface area contributed by atoms with Crippen LogP contribution in [0.3, 0.4) is 0 Å². The van der Waals surface area contributed by atoms with Crippen molar-refractivity contribution in [3.8, 4) is 5.75 Å². The maximum absolute atomic E-state index is 13.1. The highest BCUT2D eigenvalue weighted by molar-refractivity contribution is 8.26. The summed E-state index contributed by atoms with van der Waals surface area (Å²) in [5.41, 5.74) is 1.67. The smallest absolute Gasteiger partial charge is 0.327 e. The molecular formula is C27H31NO4S2. The van der Waals surface area contributed by atoms with E-state index in [0.29, 0.717) is 11.5 Å². The Morgan fingerprint density at radius 1 is 1.06 bits per heavy atom. The average molecular weight is 498 g/mol. The molecule has 7 heteroatoms. The Bertz CT molecular complexity index is 1010. The first-order chi connectivity index (χ1) is 16.5. The van der Waals surface area contributed by atoms with E-state index in [-0.39, 0.29) is 16.6 Å². The number of carbonyl (C=O) groups excluding carboxylic acids is 1. The molecule has 0 spiro atoms. The van der Waals surface area contributed by atoms with Gasteiger partial charge in [-0.15, -0.1) is 0 Å². The molecule has 1 aliphatic heterocycles. The molecule has 0 radical (unpaired) electrons. The Kier molecular flexibility index (Phi) is 10.2. The number of unbranched alkanes of at least 4 members (excludes halogenated alkanes) is 5. The molecule has 180 valence electrons. The van der Waals surface area contributed by atoms with Crippen LogP contribution in [0.25, 0.3) is 6.08 Å². The number of ether oxygens (including phenoxy) is 1. The summed E-state index contributed by atoms with van der Waals surface area (Å²) in [6.07, 6.45) is 9.26. The third-order valence-electron chi connectivity index (χ3n) is 5.64. The van der Waals surface area contributed by atoms with Crippen molar-refractivity contribution in [3.63, 3.8) is 0 Å². The van der Waals surface area contributed by atoms with Gasteiger partial charge in [-0.3, -0.25) is 9.69 Å². The van der Waals surface area contributed by atoms with Gasteiger partial charge in [0.15, 0.2) is 0 Å². The molecule has 1 fully saturated rings. The van der Waals surface area contributed by atoms with E-state index in [1.165, 1.54) is 37.0 Å². The van der Waals surface area contributed by atoms with Crippen molar-refractivity contribution in [3.05, 3.63) is 70.6 Å². The fraction of sp³-hybridized carbons (Fsp3) is 0.370. The second-order valence-corrected chi connectivity index (χ2v) is 9.96. The van der Waals surface area contributed by atoms with E-state index < -0.39 is 12.0 Å². The first-order valence-corrected chi connectivity index (χ1v) is 13.0. The molecule has 1 amide bonds. The standard InChI is InChI=1S/C27H31NO4S2/c1-2-3-4-5-6-10-17-32-22-15-13-21(14-16-22)19-24-25(29)28(27(33)34-24)23(26(30)31)18-20-11-8-7-9-12-20/h7-9,11-16,19,23H,2-6,10,17-18H2,1H3,(H,30,31)/b24-19+/t23-/m1/s1. The fourth-order valence-corrected chi connectivity index (χ4v) is 5.12. The van der Waals surface area contributed by atoms with Crippen LogP contribution < -0.4 is 4.74 Å². The van der Waals surface area contributed by atoms with Crippen LogP contribution in [-0.2, 0) is 16.0 Å². The van der Waals surface area contributed by atoms with Crippen LogP contribution >= 0.6 is 24.0 Å². The van der Waals surface area contributed by atoms with Crippen molar-refractivity contribution in [2.45, 2.75) is 57.9 Å². The number of hydrogen-bond donors (Lipinski definition) is 1. The van der Waals surface area contributed by atoms with E-state index in [2.05, 4.69) is 6.92 Å². The van der Waals surface area contributed by atoms with Crippen LogP contribution in [0.5, 0.6) is 5.75 Å². The highest BCUT2D eigenvalue weighted by Gasteiger charge is 2.40. The molecule has 1 heterocycles. The SMILES string of the molecule is CCCCCCCCOc1ccc(/C=C2/SC(=S)N([C@H](Cc3ccccc3)C(=O)O)C2=O)cc1. The number of carboxylic acid groups (broad SMARTS) is 1. The fourth-order valence-electron chi connectivity index (χ4n) is 3.76. The van der Waals surface area contributed by atoms with Gasteiger partial charge in [-0.25, -0.2) is 4.79 Å². The van der Waals surface area contributed by atoms with Crippen molar-refractivity contribution >= 4 is 46.3 Å². The van der Waals surface area contributed by atoms with Gasteiger partial charge in [0.05, 0.1) is 11.5 Å². The summed E-state index contributed by atoms with van der Waals surface area (Å²) in [6.45, 7) is 2.91. The Balaban J connectivity index is 1.59. The first kappa shape index (κ1) is 26.0. The zero-order chi connectivity index (χ0) is 24.3. The van der Waals surface area contributed by atoms with Crippen LogP contribution in [0.4, 0.5) is 0 Å². The first-order valence-electron chi connectivity index (χ1n) is 11.8. The van der Waals surface area contributed by atoms with E-state index in [9.17, 15) is 14.7 Å². The van der Waals surface area contributed by atoms with E-state index in [1.807, 2.05) is 54.6 Å². The third-order valence-corrected chi connectivity index (χ3v) is 6.97.